The number of hydrogen-bond donors (Lipinski definition) is 0. The molecule has 0 bridgehead atoms. The second kappa shape index (κ2) is 9.41. The first-order chi connectivity index (χ1) is 15.1. The van der Waals surface area contributed by atoms with Crippen LogP contribution in [0.5, 0.6) is 11.6 Å². The SMILES string of the molecule is COc1ccc(/C=C\c2nc3ccccc3nc2OCC(=O)c2ccc(Cl)cc2)cc1. The van der Waals surface area contributed by atoms with Crippen LogP contribution < -0.4 is 9.47 Å². The van der Waals surface area contributed by atoms with Gasteiger partial charge in [0.15, 0.2) is 12.4 Å². The van der Waals surface area contributed by atoms with Crippen molar-refractivity contribution in [3.63, 3.8) is 0 Å². The van der Waals surface area contributed by atoms with E-state index < -0.39 is 0 Å². The highest BCUT2D eigenvalue weighted by Crippen LogP contribution is 2.22. The molecule has 0 spiro atoms. The molecule has 31 heavy (non-hydrogen) atoms. The van der Waals surface area contributed by atoms with Gasteiger partial charge >= 0.3 is 0 Å². The van der Waals surface area contributed by atoms with E-state index in [0.717, 1.165) is 16.8 Å². The summed E-state index contributed by atoms with van der Waals surface area (Å²) in [7, 11) is 1.63. The molecule has 1 heterocycles. The van der Waals surface area contributed by atoms with Gasteiger partial charge in [-0.1, -0.05) is 41.9 Å². The van der Waals surface area contributed by atoms with Gasteiger partial charge in [0.05, 0.1) is 18.1 Å². The molecular formula is C25H19ClN2O3. The lowest BCUT2D eigenvalue weighted by molar-refractivity contribution is 0.0918. The van der Waals surface area contributed by atoms with Crippen molar-refractivity contribution in [3.8, 4) is 11.6 Å². The molecule has 154 valence electrons. The zero-order valence-corrected chi connectivity index (χ0v) is 17.5. The predicted octanol–water partition coefficient (Wildman–Crippen LogP) is 5.72. The molecule has 0 atom stereocenters. The Morgan fingerprint density at radius 1 is 0.903 bits per heavy atom. The molecule has 0 aliphatic heterocycles. The number of ether oxygens (including phenoxy) is 2. The fourth-order valence-corrected chi connectivity index (χ4v) is 3.08. The number of nitrogens with zero attached hydrogens (tertiary/aromatic N) is 2. The number of para-hydroxylation sites is 2. The van der Waals surface area contributed by atoms with Gasteiger partial charge in [0.2, 0.25) is 5.88 Å². The minimum Gasteiger partial charge on any atom is -0.497 e. The molecular weight excluding hydrogens is 412 g/mol. The van der Waals surface area contributed by atoms with E-state index in [1.54, 1.807) is 31.4 Å². The summed E-state index contributed by atoms with van der Waals surface area (Å²) in [6.45, 7) is -0.155. The molecule has 0 saturated heterocycles. The standard InChI is InChI=1S/C25H19ClN2O3/c1-30-20-13-6-17(7-14-20)8-15-23-25(28-22-5-3-2-4-21(22)27-23)31-16-24(29)18-9-11-19(26)12-10-18/h2-15H,16H2,1H3/b15-8-. The first-order valence-electron chi connectivity index (χ1n) is 9.63. The number of carbonyl (C=O) groups excluding carboxylic acids is 1. The number of aromatic nitrogens is 2. The number of Topliss-reactive ketones (excluding diaryl/α,β-unsaturated/α-hetero) is 1. The Morgan fingerprint density at radius 2 is 1.58 bits per heavy atom. The zero-order valence-electron chi connectivity index (χ0n) is 16.8. The largest absolute Gasteiger partial charge is 0.497 e. The van der Waals surface area contributed by atoms with Gasteiger partial charge in [-0.25, -0.2) is 9.97 Å². The third kappa shape index (κ3) is 5.08. The number of fused-ring (bicyclic) bond motifs is 1. The third-order valence-corrected chi connectivity index (χ3v) is 4.87. The van der Waals surface area contributed by atoms with E-state index in [4.69, 9.17) is 21.1 Å². The molecule has 4 aromatic rings. The third-order valence-electron chi connectivity index (χ3n) is 4.62. The number of hydrogen-bond acceptors (Lipinski definition) is 5. The van der Waals surface area contributed by atoms with Crippen molar-refractivity contribution in [2.24, 2.45) is 0 Å². The average Bonchev–Trinajstić information content (AvgIpc) is 2.81. The minimum absolute atomic E-state index is 0.155. The molecule has 0 aliphatic carbocycles. The van der Waals surface area contributed by atoms with Gasteiger partial charge in [-0.15, -0.1) is 0 Å². The van der Waals surface area contributed by atoms with Crippen molar-refractivity contribution in [1.82, 2.24) is 9.97 Å². The van der Waals surface area contributed by atoms with Crippen molar-refractivity contribution in [1.29, 1.82) is 0 Å². The molecule has 0 fully saturated rings. The molecule has 0 saturated carbocycles. The van der Waals surface area contributed by atoms with Gasteiger partial charge in [0.25, 0.3) is 0 Å². The molecule has 4 rings (SSSR count). The number of ketones is 1. The molecule has 0 radical (unpaired) electrons. The smallest absolute Gasteiger partial charge is 0.241 e. The maximum absolute atomic E-state index is 12.5. The van der Waals surface area contributed by atoms with E-state index >= 15 is 0 Å². The van der Waals surface area contributed by atoms with Crippen molar-refractivity contribution >= 4 is 40.6 Å². The molecule has 0 amide bonds. The molecule has 0 N–H and O–H groups in total. The minimum atomic E-state index is -0.170. The van der Waals surface area contributed by atoms with E-state index in [9.17, 15) is 4.79 Å². The maximum atomic E-state index is 12.5. The van der Waals surface area contributed by atoms with Crippen LogP contribution in [0.15, 0.2) is 72.8 Å². The number of benzene rings is 3. The van der Waals surface area contributed by atoms with Gasteiger partial charge in [-0.05, 0) is 60.2 Å². The number of rotatable bonds is 7. The number of halogens is 1. The highest BCUT2D eigenvalue weighted by molar-refractivity contribution is 6.30. The van der Waals surface area contributed by atoms with Crippen LogP contribution in [0.3, 0.4) is 0 Å². The Morgan fingerprint density at radius 3 is 2.26 bits per heavy atom. The lowest BCUT2D eigenvalue weighted by Gasteiger charge is -2.09. The molecule has 6 heteroatoms. The second-order valence-electron chi connectivity index (χ2n) is 6.73. The summed E-state index contributed by atoms with van der Waals surface area (Å²) < 4.78 is 11.0. The highest BCUT2D eigenvalue weighted by atomic mass is 35.5. The van der Waals surface area contributed by atoms with Gasteiger partial charge in [-0.2, -0.15) is 0 Å². The Kier molecular flexibility index (Phi) is 6.24. The van der Waals surface area contributed by atoms with Gasteiger partial charge < -0.3 is 9.47 Å². The Hall–Kier alpha value is -3.70. The predicted molar refractivity (Wildman–Crippen MR) is 123 cm³/mol. The Balaban J connectivity index is 1.60. The molecule has 3 aromatic carbocycles. The fraction of sp³-hybridized carbons (Fsp3) is 0.0800. The Bertz CT molecular complexity index is 1240. The second-order valence-corrected chi connectivity index (χ2v) is 7.16. The summed E-state index contributed by atoms with van der Waals surface area (Å²) >= 11 is 5.89. The van der Waals surface area contributed by atoms with E-state index in [1.807, 2.05) is 60.7 Å². The van der Waals surface area contributed by atoms with Crippen LogP contribution >= 0.6 is 11.6 Å². The van der Waals surface area contributed by atoms with Crippen LogP contribution in [0, 0.1) is 0 Å². The van der Waals surface area contributed by atoms with Crippen LogP contribution in [-0.2, 0) is 0 Å². The summed E-state index contributed by atoms with van der Waals surface area (Å²) in [6, 6.07) is 21.9. The van der Waals surface area contributed by atoms with Crippen LogP contribution in [0.25, 0.3) is 23.2 Å². The molecule has 1 aromatic heterocycles. The lowest BCUT2D eigenvalue weighted by Crippen LogP contribution is -2.13. The normalized spacial score (nSPS) is 11.0. The topological polar surface area (TPSA) is 61.3 Å². The maximum Gasteiger partial charge on any atom is 0.241 e. The highest BCUT2D eigenvalue weighted by Gasteiger charge is 2.12. The quantitative estimate of drug-likeness (QED) is 0.351. The summed E-state index contributed by atoms with van der Waals surface area (Å²) in [6.07, 6.45) is 3.73. The summed E-state index contributed by atoms with van der Waals surface area (Å²) in [5.41, 5.74) is 3.47. The van der Waals surface area contributed by atoms with Crippen molar-refractivity contribution < 1.29 is 14.3 Å². The van der Waals surface area contributed by atoms with E-state index in [2.05, 4.69) is 9.97 Å². The first-order valence-corrected chi connectivity index (χ1v) is 10.0. The van der Waals surface area contributed by atoms with Crippen LogP contribution in [0.1, 0.15) is 21.6 Å². The Labute approximate surface area is 184 Å². The monoisotopic (exact) mass is 430 g/mol. The summed E-state index contributed by atoms with van der Waals surface area (Å²) in [5.74, 6) is 0.912. The van der Waals surface area contributed by atoms with Crippen molar-refractivity contribution in [2.45, 2.75) is 0 Å². The van der Waals surface area contributed by atoms with Crippen molar-refractivity contribution in [2.75, 3.05) is 13.7 Å². The first kappa shape index (κ1) is 20.6. The lowest BCUT2D eigenvalue weighted by atomic mass is 10.1. The summed E-state index contributed by atoms with van der Waals surface area (Å²) in [4.78, 5) is 21.7. The van der Waals surface area contributed by atoms with E-state index in [1.165, 1.54) is 0 Å². The van der Waals surface area contributed by atoms with E-state index in [-0.39, 0.29) is 12.4 Å². The van der Waals surface area contributed by atoms with Gasteiger partial charge in [-0.3, -0.25) is 4.79 Å². The van der Waals surface area contributed by atoms with E-state index in [0.29, 0.717) is 27.7 Å². The van der Waals surface area contributed by atoms with Crippen LogP contribution in [0.2, 0.25) is 5.02 Å². The molecule has 0 unspecified atom stereocenters. The fourth-order valence-electron chi connectivity index (χ4n) is 2.96. The van der Waals surface area contributed by atoms with Crippen LogP contribution in [0.4, 0.5) is 0 Å². The number of methoxy groups -OCH3 is 1. The molecule has 5 nitrogen and oxygen atoms in total. The summed E-state index contributed by atoms with van der Waals surface area (Å²) in [5, 5.41) is 0.573. The zero-order chi connectivity index (χ0) is 21.6. The van der Waals surface area contributed by atoms with Gasteiger partial charge in [0, 0.05) is 10.6 Å². The van der Waals surface area contributed by atoms with Crippen molar-refractivity contribution in [3.05, 3.63) is 94.6 Å². The number of carbonyl (C=O) groups is 1. The average molecular weight is 431 g/mol. The van der Waals surface area contributed by atoms with Gasteiger partial charge in [0.1, 0.15) is 11.4 Å². The van der Waals surface area contributed by atoms with Crippen LogP contribution in [-0.4, -0.2) is 29.5 Å². The molecule has 0 aliphatic rings.